The number of methoxy groups -OCH3 is 1. The summed E-state index contributed by atoms with van der Waals surface area (Å²) in [6.45, 7) is 0. The molecule has 4 N–H and O–H groups in total. The largest absolute Gasteiger partial charge is 0.496 e. The van der Waals surface area contributed by atoms with Crippen molar-refractivity contribution >= 4 is 11.6 Å². The van der Waals surface area contributed by atoms with Crippen LogP contribution in [0.4, 0.5) is 10.1 Å². The summed E-state index contributed by atoms with van der Waals surface area (Å²) in [7, 11) is 1.35. The van der Waals surface area contributed by atoms with Crippen LogP contribution >= 0.6 is 0 Å². The van der Waals surface area contributed by atoms with Crippen LogP contribution in [0.1, 0.15) is 10.4 Å². The van der Waals surface area contributed by atoms with Crippen LogP contribution in [-0.4, -0.2) is 13.0 Å². The summed E-state index contributed by atoms with van der Waals surface area (Å²) in [6, 6.07) is 2.17. The topological polar surface area (TPSA) is 78.3 Å². The Bertz CT molecular complexity index is 352. The number of primary amides is 1. The van der Waals surface area contributed by atoms with Crippen molar-refractivity contribution in [3.8, 4) is 5.75 Å². The molecule has 1 aromatic rings. The van der Waals surface area contributed by atoms with Gasteiger partial charge in [-0.05, 0) is 6.07 Å². The number of hydrogen-bond donors (Lipinski definition) is 2. The second kappa shape index (κ2) is 3.30. The number of ether oxygens (including phenoxy) is 1. The molecular formula is C8H9FN2O2. The zero-order valence-electron chi connectivity index (χ0n) is 7.00. The van der Waals surface area contributed by atoms with Crippen LogP contribution in [0.3, 0.4) is 0 Å². The van der Waals surface area contributed by atoms with Gasteiger partial charge in [0.05, 0.1) is 18.4 Å². The van der Waals surface area contributed by atoms with Gasteiger partial charge in [-0.3, -0.25) is 4.79 Å². The number of rotatable bonds is 2. The van der Waals surface area contributed by atoms with Crippen molar-refractivity contribution in [1.29, 1.82) is 0 Å². The van der Waals surface area contributed by atoms with Gasteiger partial charge in [-0.1, -0.05) is 0 Å². The highest BCUT2D eigenvalue weighted by Gasteiger charge is 2.12. The number of anilines is 1. The Morgan fingerprint density at radius 2 is 2.15 bits per heavy atom. The van der Waals surface area contributed by atoms with E-state index in [0.29, 0.717) is 0 Å². The summed E-state index contributed by atoms with van der Waals surface area (Å²) in [5, 5.41) is 0. The molecule has 4 nitrogen and oxygen atoms in total. The van der Waals surface area contributed by atoms with E-state index in [-0.39, 0.29) is 17.0 Å². The lowest BCUT2D eigenvalue weighted by molar-refractivity contribution is 0.0997. The Balaban J connectivity index is 3.33. The Kier molecular flexibility index (Phi) is 2.36. The highest BCUT2D eigenvalue weighted by molar-refractivity contribution is 5.96. The minimum atomic E-state index is -0.754. The number of carbonyl (C=O) groups excluding carboxylic acids is 1. The zero-order valence-corrected chi connectivity index (χ0v) is 7.00. The van der Waals surface area contributed by atoms with Crippen molar-refractivity contribution in [2.24, 2.45) is 5.73 Å². The molecule has 0 spiro atoms. The van der Waals surface area contributed by atoms with Gasteiger partial charge in [-0.15, -0.1) is 0 Å². The first kappa shape index (κ1) is 9.31. The maximum Gasteiger partial charge on any atom is 0.252 e. The molecule has 1 amide bonds. The number of nitrogens with two attached hydrogens (primary N) is 2. The quantitative estimate of drug-likeness (QED) is 0.657. The average molecular weight is 184 g/mol. The Morgan fingerprint density at radius 3 is 2.62 bits per heavy atom. The predicted molar refractivity (Wildman–Crippen MR) is 45.9 cm³/mol. The Labute approximate surface area is 74.3 Å². The third-order valence-corrected chi connectivity index (χ3v) is 1.58. The molecule has 0 bridgehead atoms. The molecule has 0 aliphatic carbocycles. The lowest BCUT2D eigenvalue weighted by atomic mass is 10.1. The van der Waals surface area contributed by atoms with E-state index in [1.807, 2.05) is 0 Å². The Hall–Kier alpha value is -1.78. The van der Waals surface area contributed by atoms with Crippen molar-refractivity contribution in [2.75, 3.05) is 12.8 Å². The fraction of sp³-hybridized carbons (Fsp3) is 0.125. The van der Waals surface area contributed by atoms with E-state index >= 15 is 0 Å². The first-order valence-electron chi connectivity index (χ1n) is 3.49. The lowest BCUT2D eigenvalue weighted by Gasteiger charge is -2.06. The average Bonchev–Trinajstić information content (AvgIpc) is 2.08. The minimum absolute atomic E-state index is 0.0193. The third kappa shape index (κ3) is 1.69. The molecule has 0 saturated carbocycles. The summed E-state index contributed by atoms with van der Waals surface area (Å²) in [4.78, 5) is 10.8. The van der Waals surface area contributed by atoms with Crippen LogP contribution in [-0.2, 0) is 0 Å². The summed E-state index contributed by atoms with van der Waals surface area (Å²) in [6.07, 6.45) is 0. The summed E-state index contributed by atoms with van der Waals surface area (Å²) in [5.41, 5.74) is 10.1. The van der Waals surface area contributed by atoms with Crippen molar-refractivity contribution in [3.63, 3.8) is 0 Å². The first-order valence-corrected chi connectivity index (χ1v) is 3.49. The van der Waals surface area contributed by atoms with Crippen LogP contribution in [0.5, 0.6) is 5.75 Å². The van der Waals surface area contributed by atoms with Gasteiger partial charge in [0, 0.05) is 6.07 Å². The van der Waals surface area contributed by atoms with E-state index in [4.69, 9.17) is 16.2 Å². The van der Waals surface area contributed by atoms with Crippen molar-refractivity contribution in [1.82, 2.24) is 0 Å². The molecule has 1 rings (SSSR count). The van der Waals surface area contributed by atoms with Crippen molar-refractivity contribution in [3.05, 3.63) is 23.5 Å². The number of carbonyl (C=O) groups is 1. The number of amides is 1. The van der Waals surface area contributed by atoms with E-state index in [2.05, 4.69) is 0 Å². The molecule has 0 heterocycles. The van der Waals surface area contributed by atoms with Crippen LogP contribution in [0.2, 0.25) is 0 Å². The molecule has 0 radical (unpaired) electrons. The highest BCUT2D eigenvalue weighted by atomic mass is 19.1. The molecule has 0 aliphatic rings. The minimum Gasteiger partial charge on any atom is -0.496 e. The molecule has 70 valence electrons. The summed E-state index contributed by atoms with van der Waals surface area (Å²) in [5.74, 6) is -1.27. The van der Waals surface area contributed by atoms with Gasteiger partial charge in [0.1, 0.15) is 11.6 Å². The van der Waals surface area contributed by atoms with E-state index in [1.54, 1.807) is 0 Å². The second-order valence-corrected chi connectivity index (χ2v) is 2.44. The maximum absolute atomic E-state index is 12.9. The monoisotopic (exact) mass is 184 g/mol. The van der Waals surface area contributed by atoms with Gasteiger partial charge in [0.2, 0.25) is 0 Å². The van der Waals surface area contributed by atoms with Gasteiger partial charge >= 0.3 is 0 Å². The van der Waals surface area contributed by atoms with Crippen molar-refractivity contribution in [2.45, 2.75) is 0 Å². The van der Waals surface area contributed by atoms with Crippen LogP contribution in [0.15, 0.2) is 12.1 Å². The fourth-order valence-electron chi connectivity index (χ4n) is 0.931. The molecule has 0 aliphatic heterocycles. The molecule has 0 aromatic heterocycles. The van der Waals surface area contributed by atoms with Gasteiger partial charge in [0.25, 0.3) is 5.91 Å². The fourth-order valence-corrected chi connectivity index (χ4v) is 0.931. The van der Waals surface area contributed by atoms with Gasteiger partial charge < -0.3 is 16.2 Å². The number of halogens is 1. The molecule has 0 saturated heterocycles. The molecule has 5 heteroatoms. The standard InChI is InChI=1S/C8H9FN2O2/c1-13-7-3-6(10)5(9)2-4(7)8(11)12/h2-3H,10H2,1H3,(H2,11,12). The van der Waals surface area contributed by atoms with Crippen LogP contribution in [0.25, 0.3) is 0 Å². The Morgan fingerprint density at radius 1 is 1.54 bits per heavy atom. The second-order valence-electron chi connectivity index (χ2n) is 2.44. The summed E-state index contributed by atoms with van der Waals surface area (Å²) >= 11 is 0. The lowest BCUT2D eigenvalue weighted by Crippen LogP contribution is -2.13. The SMILES string of the molecule is COc1cc(N)c(F)cc1C(N)=O. The molecule has 0 atom stereocenters. The molecular weight excluding hydrogens is 175 g/mol. The number of benzene rings is 1. The normalized spacial score (nSPS) is 9.69. The predicted octanol–water partition coefficient (Wildman–Crippen LogP) is 0.515. The molecule has 1 aromatic carbocycles. The van der Waals surface area contributed by atoms with E-state index < -0.39 is 11.7 Å². The van der Waals surface area contributed by atoms with Gasteiger partial charge in [-0.25, -0.2) is 4.39 Å². The van der Waals surface area contributed by atoms with Crippen LogP contribution < -0.4 is 16.2 Å². The molecule has 0 unspecified atom stereocenters. The van der Waals surface area contributed by atoms with E-state index in [9.17, 15) is 9.18 Å². The zero-order chi connectivity index (χ0) is 10.0. The highest BCUT2D eigenvalue weighted by Crippen LogP contribution is 2.23. The maximum atomic E-state index is 12.9. The van der Waals surface area contributed by atoms with E-state index in [0.717, 1.165) is 6.07 Å². The smallest absolute Gasteiger partial charge is 0.252 e. The van der Waals surface area contributed by atoms with Crippen molar-refractivity contribution < 1.29 is 13.9 Å². The van der Waals surface area contributed by atoms with Gasteiger partial charge in [0.15, 0.2) is 0 Å². The third-order valence-electron chi connectivity index (χ3n) is 1.58. The summed E-state index contributed by atoms with van der Waals surface area (Å²) < 4.78 is 17.7. The van der Waals surface area contributed by atoms with E-state index in [1.165, 1.54) is 13.2 Å². The molecule has 13 heavy (non-hydrogen) atoms. The first-order chi connectivity index (χ1) is 6.06. The van der Waals surface area contributed by atoms with Crippen LogP contribution in [0, 0.1) is 5.82 Å². The molecule has 0 fully saturated rings. The number of nitrogen functional groups attached to an aromatic ring is 1. The number of hydrogen-bond acceptors (Lipinski definition) is 3. The van der Waals surface area contributed by atoms with Gasteiger partial charge in [-0.2, -0.15) is 0 Å².